The highest BCUT2D eigenvalue weighted by molar-refractivity contribution is 6.30. The Balaban J connectivity index is 1.68. The molecule has 2 aromatic rings. The lowest BCUT2D eigenvalue weighted by molar-refractivity contribution is 0.206. The van der Waals surface area contributed by atoms with Crippen LogP contribution in [0.1, 0.15) is 23.9 Å². The molecular weight excluding hydrogens is 300 g/mol. The summed E-state index contributed by atoms with van der Waals surface area (Å²) in [5.74, 6) is 0.763. The molecule has 1 N–H and O–H groups in total. The first kappa shape index (κ1) is 14.8. The second kappa shape index (κ2) is 6.32. The number of hydrogen-bond acceptors (Lipinski definition) is 3. The van der Waals surface area contributed by atoms with Gasteiger partial charge in [0.25, 0.3) is 0 Å². The lowest BCUT2D eigenvalue weighted by Gasteiger charge is -2.29. The van der Waals surface area contributed by atoms with E-state index in [0.717, 1.165) is 24.2 Å². The molecule has 0 bridgehead atoms. The zero-order valence-electron chi connectivity index (χ0n) is 12.3. The maximum atomic E-state index is 12.3. The molecule has 2 amide bonds. The van der Waals surface area contributed by atoms with Crippen molar-refractivity contribution in [3.8, 4) is 0 Å². The fraction of sp³-hybridized carbons (Fsp3) is 0.312. The van der Waals surface area contributed by atoms with E-state index in [1.165, 1.54) is 5.56 Å². The van der Waals surface area contributed by atoms with Crippen molar-refractivity contribution in [1.82, 2.24) is 14.9 Å². The van der Waals surface area contributed by atoms with E-state index in [2.05, 4.69) is 15.3 Å². The molecule has 5 nitrogen and oxygen atoms in total. The second-order valence-corrected chi connectivity index (χ2v) is 5.69. The lowest BCUT2D eigenvalue weighted by atomic mass is 10.0. The van der Waals surface area contributed by atoms with E-state index in [-0.39, 0.29) is 6.03 Å². The summed E-state index contributed by atoms with van der Waals surface area (Å²) < 4.78 is 0. The van der Waals surface area contributed by atoms with Gasteiger partial charge >= 0.3 is 6.03 Å². The standard InChI is InChI=1S/C16H17ClN4O/c1-2-15-18-8-14(9-19-15)20-16(22)21-6-5-11-3-4-13(17)7-12(11)10-21/h3-4,7-9H,2,5-6,10H2,1H3,(H,20,22). The number of urea groups is 1. The molecule has 1 aliphatic heterocycles. The van der Waals surface area contributed by atoms with Crippen LogP contribution in [0.15, 0.2) is 30.6 Å². The summed E-state index contributed by atoms with van der Waals surface area (Å²) in [6.07, 6.45) is 4.89. The summed E-state index contributed by atoms with van der Waals surface area (Å²) in [5.41, 5.74) is 2.97. The highest BCUT2D eigenvalue weighted by Gasteiger charge is 2.21. The van der Waals surface area contributed by atoms with E-state index < -0.39 is 0 Å². The summed E-state index contributed by atoms with van der Waals surface area (Å²) in [6.45, 7) is 3.24. The molecule has 0 aliphatic carbocycles. The third-order valence-electron chi connectivity index (χ3n) is 3.74. The Hall–Kier alpha value is -2.14. The number of carbonyl (C=O) groups excluding carboxylic acids is 1. The predicted octanol–water partition coefficient (Wildman–Crippen LogP) is 3.28. The van der Waals surface area contributed by atoms with Crippen molar-refractivity contribution in [2.24, 2.45) is 0 Å². The van der Waals surface area contributed by atoms with E-state index >= 15 is 0 Å². The summed E-state index contributed by atoms with van der Waals surface area (Å²) in [6, 6.07) is 5.71. The van der Waals surface area contributed by atoms with Gasteiger partial charge in [-0.15, -0.1) is 0 Å². The zero-order valence-corrected chi connectivity index (χ0v) is 13.1. The van der Waals surface area contributed by atoms with E-state index in [4.69, 9.17) is 11.6 Å². The van der Waals surface area contributed by atoms with Crippen molar-refractivity contribution in [2.75, 3.05) is 11.9 Å². The number of aromatic nitrogens is 2. The van der Waals surface area contributed by atoms with Crippen LogP contribution in [0.5, 0.6) is 0 Å². The summed E-state index contributed by atoms with van der Waals surface area (Å²) in [4.78, 5) is 22.5. The number of amides is 2. The van der Waals surface area contributed by atoms with Gasteiger partial charge in [0.15, 0.2) is 0 Å². The van der Waals surface area contributed by atoms with E-state index in [1.54, 1.807) is 17.3 Å². The number of nitrogens with zero attached hydrogens (tertiary/aromatic N) is 3. The molecule has 22 heavy (non-hydrogen) atoms. The molecule has 3 rings (SSSR count). The fourth-order valence-electron chi connectivity index (χ4n) is 2.50. The zero-order chi connectivity index (χ0) is 15.5. The summed E-state index contributed by atoms with van der Waals surface area (Å²) >= 11 is 6.03. The normalized spacial score (nSPS) is 13.6. The second-order valence-electron chi connectivity index (χ2n) is 5.26. The number of aryl methyl sites for hydroxylation is 1. The largest absolute Gasteiger partial charge is 0.322 e. The molecule has 1 aromatic carbocycles. The molecular formula is C16H17ClN4O. The van der Waals surface area contributed by atoms with Crippen LogP contribution < -0.4 is 5.32 Å². The molecule has 0 unspecified atom stereocenters. The van der Waals surface area contributed by atoms with Crippen molar-refractivity contribution < 1.29 is 4.79 Å². The van der Waals surface area contributed by atoms with Gasteiger partial charge in [0, 0.05) is 24.5 Å². The molecule has 1 aromatic heterocycles. The van der Waals surface area contributed by atoms with Gasteiger partial charge in [0.1, 0.15) is 5.82 Å². The number of anilines is 1. The Kier molecular flexibility index (Phi) is 4.24. The number of rotatable bonds is 2. The van der Waals surface area contributed by atoms with Gasteiger partial charge in [0.05, 0.1) is 18.1 Å². The minimum absolute atomic E-state index is 0.140. The van der Waals surface area contributed by atoms with Crippen molar-refractivity contribution in [3.05, 3.63) is 52.6 Å². The Labute approximate surface area is 134 Å². The van der Waals surface area contributed by atoms with Crippen LogP contribution in [0.4, 0.5) is 10.5 Å². The summed E-state index contributed by atoms with van der Waals surface area (Å²) in [7, 11) is 0. The van der Waals surface area contributed by atoms with Gasteiger partial charge in [-0.1, -0.05) is 24.6 Å². The smallest absolute Gasteiger partial charge is 0.320 e. The molecule has 0 atom stereocenters. The van der Waals surface area contributed by atoms with Gasteiger partial charge in [-0.2, -0.15) is 0 Å². The minimum Gasteiger partial charge on any atom is -0.320 e. The summed E-state index contributed by atoms with van der Waals surface area (Å²) in [5, 5.41) is 3.54. The molecule has 6 heteroatoms. The molecule has 1 aliphatic rings. The highest BCUT2D eigenvalue weighted by atomic mass is 35.5. The van der Waals surface area contributed by atoms with Crippen LogP contribution in [0.3, 0.4) is 0 Å². The third-order valence-corrected chi connectivity index (χ3v) is 3.98. The first-order valence-electron chi connectivity index (χ1n) is 7.30. The first-order chi connectivity index (χ1) is 10.7. The van der Waals surface area contributed by atoms with Crippen LogP contribution >= 0.6 is 11.6 Å². The van der Waals surface area contributed by atoms with Crippen molar-refractivity contribution in [1.29, 1.82) is 0 Å². The third kappa shape index (κ3) is 3.20. The van der Waals surface area contributed by atoms with Gasteiger partial charge in [-0.05, 0) is 29.7 Å². The molecule has 0 spiro atoms. The molecule has 0 fully saturated rings. The highest BCUT2D eigenvalue weighted by Crippen LogP contribution is 2.23. The van der Waals surface area contributed by atoms with Crippen LogP contribution in [0.25, 0.3) is 0 Å². The van der Waals surface area contributed by atoms with Crippen LogP contribution in [0.2, 0.25) is 5.02 Å². The van der Waals surface area contributed by atoms with Gasteiger partial charge in [-0.3, -0.25) is 0 Å². The number of hydrogen-bond donors (Lipinski definition) is 1. The average Bonchev–Trinajstić information content (AvgIpc) is 2.54. The number of halogens is 1. The SMILES string of the molecule is CCc1ncc(NC(=O)N2CCc3ccc(Cl)cc3C2)cn1. The van der Waals surface area contributed by atoms with E-state index in [9.17, 15) is 4.79 Å². The molecule has 0 saturated carbocycles. The van der Waals surface area contributed by atoms with Gasteiger partial charge in [-0.25, -0.2) is 14.8 Å². The van der Waals surface area contributed by atoms with Crippen LogP contribution in [0, 0.1) is 0 Å². The average molecular weight is 317 g/mol. The lowest BCUT2D eigenvalue weighted by Crippen LogP contribution is -2.38. The predicted molar refractivity (Wildman–Crippen MR) is 86.0 cm³/mol. The van der Waals surface area contributed by atoms with Gasteiger partial charge < -0.3 is 10.2 Å². The maximum absolute atomic E-state index is 12.3. The van der Waals surface area contributed by atoms with Crippen molar-refractivity contribution >= 4 is 23.3 Å². The van der Waals surface area contributed by atoms with E-state index in [1.807, 2.05) is 25.1 Å². The Morgan fingerprint density at radius 1 is 1.32 bits per heavy atom. The molecule has 114 valence electrons. The van der Waals surface area contributed by atoms with Gasteiger partial charge in [0.2, 0.25) is 0 Å². The monoisotopic (exact) mass is 316 g/mol. The maximum Gasteiger partial charge on any atom is 0.322 e. The van der Waals surface area contributed by atoms with Crippen molar-refractivity contribution in [2.45, 2.75) is 26.3 Å². The topological polar surface area (TPSA) is 58.1 Å². The Morgan fingerprint density at radius 3 is 2.82 bits per heavy atom. The molecule has 0 saturated heterocycles. The number of carbonyl (C=O) groups is 1. The number of fused-ring (bicyclic) bond motifs is 1. The molecule has 0 radical (unpaired) electrons. The Morgan fingerprint density at radius 2 is 2.09 bits per heavy atom. The van der Waals surface area contributed by atoms with Crippen molar-refractivity contribution in [3.63, 3.8) is 0 Å². The number of nitrogens with one attached hydrogen (secondary N) is 1. The fourth-order valence-corrected chi connectivity index (χ4v) is 2.70. The first-order valence-corrected chi connectivity index (χ1v) is 7.67. The van der Waals surface area contributed by atoms with Crippen LogP contribution in [-0.2, 0) is 19.4 Å². The van der Waals surface area contributed by atoms with Crippen LogP contribution in [-0.4, -0.2) is 27.4 Å². The Bertz CT molecular complexity index is 687. The number of benzene rings is 1. The van der Waals surface area contributed by atoms with E-state index in [0.29, 0.717) is 23.8 Å². The quantitative estimate of drug-likeness (QED) is 0.925. The minimum atomic E-state index is -0.140. The molecule has 2 heterocycles.